The summed E-state index contributed by atoms with van der Waals surface area (Å²) in [5.41, 5.74) is 0.242. The topological polar surface area (TPSA) is 144 Å². The number of hydrogen-bond donors (Lipinski definition) is 4. The zero-order valence-corrected chi connectivity index (χ0v) is 22.5. The second-order valence-electron chi connectivity index (χ2n) is 9.38. The molecule has 39 heavy (non-hydrogen) atoms. The lowest BCUT2D eigenvalue weighted by atomic mass is 10.1. The molecule has 2 atom stereocenters. The number of rotatable bonds is 7. The molecule has 0 bridgehead atoms. The first-order valence-electron chi connectivity index (χ1n) is 12.9. The molecule has 2 aromatic carbocycles. The molecule has 3 rings (SSSR count). The van der Waals surface area contributed by atoms with Crippen LogP contribution in [0.25, 0.3) is 0 Å². The summed E-state index contributed by atoms with van der Waals surface area (Å²) in [6.07, 6.45) is -0.0399. The maximum atomic E-state index is 13.2. The summed E-state index contributed by atoms with van der Waals surface area (Å²) in [6, 6.07) is 12.4. The van der Waals surface area contributed by atoms with Crippen molar-refractivity contribution in [1.82, 2.24) is 21.3 Å². The number of ether oxygens (including phenoxy) is 3. The molecule has 2 aromatic rings. The summed E-state index contributed by atoms with van der Waals surface area (Å²) in [6.45, 7) is 4.17. The summed E-state index contributed by atoms with van der Waals surface area (Å²) in [5.74, 6) is -0.0529. The van der Waals surface area contributed by atoms with Crippen LogP contribution in [0.15, 0.2) is 48.5 Å². The van der Waals surface area contributed by atoms with Crippen LogP contribution in [0.2, 0.25) is 0 Å². The van der Waals surface area contributed by atoms with Gasteiger partial charge in [0.25, 0.3) is 5.91 Å². The molecular formula is C28H36N4O7. The summed E-state index contributed by atoms with van der Waals surface area (Å²) in [4.78, 5) is 51.0. The van der Waals surface area contributed by atoms with Crippen molar-refractivity contribution in [2.75, 3.05) is 33.4 Å². The maximum Gasteiger partial charge on any atom is 0.255 e. The van der Waals surface area contributed by atoms with Gasteiger partial charge in [0.15, 0.2) is 0 Å². The molecule has 1 aliphatic rings. The molecule has 0 unspecified atom stereocenters. The van der Waals surface area contributed by atoms with E-state index in [4.69, 9.17) is 14.2 Å². The van der Waals surface area contributed by atoms with Crippen LogP contribution in [-0.2, 0) is 14.4 Å². The van der Waals surface area contributed by atoms with Crippen molar-refractivity contribution < 1.29 is 33.4 Å². The smallest absolute Gasteiger partial charge is 0.255 e. The Hall–Kier alpha value is -4.28. The normalized spacial score (nSPS) is 18.7. The number of para-hydroxylation sites is 1. The largest absolute Gasteiger partial charge is 0.497 e. The van der Waals surface area contributed by atoms with Crippen molar-refractivity contribution in [2.24, 2.45) is 5.92 Å². The first-order valence-corrected chi connectivity index (χ1v) is 12.9. The van der Waals surface area contributed by atoms with Gasteiger partial charge in [0.05, 0.1) is 31.8 Å². The zero-order valence-electron chi connectivity index (χ0n) is 22.5. The number of fused-ring (bicyclic) bond motifs is 1. The highest BCUT2D eigenvalue weighted by molar-refractivity contribution is 5.99. The lowest BCUT2D eigenvalue weighted by Gasteiger charge is -2.23. The molecule has 210 valence electrons. The molecule has 0 fully saturated rings. The van der Waals surface area contributed by atoms with Gasteiger partial charge in [0, 0.05) is 6.42 Å². The van der Waals surface area contributed by atoms with Crippen LogP contribution in [0.1, 0.15) is 37.0 Å². The minimum atomic E-state index is -1.00. The van der Waals surface area contributed by atoms with Crippen LogP contribution in [0.4, 0.5) is 0 Å². The van der Waals surface area contributed by atoms with Crippen LogP contribution in [0.3, 0.4) is 0 Å². The summed E-state index contributed by atoms with van der Waals surface area (Å²) in [5, 5.41) is 10.9. The second kappa shape index (κ2) is 14.6. The third kappa shape index (κ3) is 9.20. The molecule has 4 N–H and O–H groups in total. The van der Waals surface area contributed by atoms with Crippen molar-refractivity contribution in [3.63, 3.8) is 0 Å². The van der Waals surface area contributed by atoms with Crippen LogP contribution < -0.4 is 35.5 Å². The number of benzene rings is 2. The highest BCUT2D eigenvalue weighted by Gasteiger charge is 2.25. The Bertz CT molecular complexity index is 1140. The van der Waals surface area contributed by atoms with E-state index in [0.29, 0.717) is 17.2 Å². The van der Waals surface area contributed by atoms with E-state index in [0.717, 1.165) is 0 Å². The quantitative estimate of drug-likeness (QED) is 0.389. The molecule has 1 heterocycles. The fourth-order valence-corrected chi connectivity index (χ4v) is 3.80. The summed E-state index contributed by atoms with van der Waals surface area (Å²) < 4.78 is 16.7. The van der Waals surface area contributed by atoms with Gasteiger partial charge >= 0.3 is 0 Å². The maximum absolute atomic E-state index is 13.2. The van der Waals surface area contributed by atoms with Gasteiger partial charge in [0.2, 0.25) is 17.7 Å². The lowest BCUT2D eigenvalue weighted by molar-refractivity contribution is -0.127. The van der Waals surface area contributed by atoms with Gasteiger partial charge in [-0.05, 0) is 48.7 Å². The predicted molar refractivity (Wildman–Crippen MR) is 144 cm³/mol. The number of amides is 4. The summed E-state index contributed by atoms with van der Waals surface area (Å²) >= 11 is 0. The Kier molecular flexibility index (Phi) is 11.0. The average Bonchev–Trinajstić information content (AvgIpc) is 2.94. The Morgan fingerprint density at radius 2 is 1.74 bits per heavy atom. The van der Waals surface area contributed by atoms with E-state index in [-0.39, 0.29) is 62.6 Å². The van der Waals surface area contributed by atoms with Gasteiger partial charge in [0.1, 0.15) is 36.5 Å². The van der Waals surface area contributed by atoms with Crippen molar-refractivity contribution in [3.05, 3.63) is 54.1 Å². The van der Waals surface area contributed by atoms with E-state index >= 15 is 0 Å². The van der Waals surface area contributed by atoms with Crippen molar-refractivity contribution in [2.45, 2.75) is 38.8 Å². The molecule has 0 saturated heterocycles. The fraction of sp³-hybridized carbons (Fsp3) is 0.429. The molecule has 4 amide bonds. The molecule has 0 radical (unpaired) electrons. The SMILES string of the molecule is COc1ccc(OCCNC(=O)[C@@H]2CCC(=O)NCC(=O)N[C@@H](C(C)C)COc3ccccc3C(=O)N2)cc1. The highest BCUT2D eigenvalue weighted by Crippen LogP contribution is 2.20. The molecular weight excluding hydrogens is 504 g/mol. The minimum Gasteiger partial charge on any atom is -0.497 e. The summed E-state index contributed by atoms with van der Waals surface area (Å²) in [7, 11) is 1.57. The molecule has 0 aliphatic carbocycles. The number of nitrogens with one attached hydrogen (secondary N) is 4. The van der Waals surface area contributed by atoms with Crippen molar-refractivity contribution in [3.8, 4) is 17.2 Å². The Morgan fingerprint density at radius 3 is 2.46 bits per heavy atom. The number of carbonyl (C=O) groups is 4. The van der Waals surface area contributed by atoms with Gasteiger partial charge in [-0.3, -0.25) is 19.2 Å². The number of hydrogen-bond acceptors (Lipinski definition) is 7. The predicted octanol–water partition coefficient (Wildman–Crippen LogP) is 1.42. The van der Waals surface area contributed by atoms with E-state index < -0.39 is 23.8 Å². The van der Waals surface area contributed by atoms with Gasteiger partial charge < -0.3 is 35.5 Å². The van der Waals surface area contributed by atoms with Crippen LogP contribution in [-0.4, -0.2) is 69.1 Å². The fourth-order valence-electron chi connectivity index (χ4n) is 3.80. The Morgan fingerprint density at radius 1 is 1.03 bits per heavy atom. The Balaban J connectivity index is 1.69. The van der Waals surface area contributed by atoms with E-state index in [1.165, 1.54) is 0 Å². The molecule has 1 aliphatic heterocycles. The second-order valence-corrected chi connectivity index (χ2v) is 9.38. The van der Waals surface area contributed by atoms with E-state index in [1.54, 1.807) is 55.6 Å². The first-order chi connectivity index (χ1) is 18.8. The van der Waals surface area contributed by atoms with Crippen LogP contribution in [0.5, 0.6) is 17.2 Å². The monoisotopic (exact) mass is 540 g/mol. The third-order valence-corrected chi connectivity index (χ3v) is 6.16. The van der Waals surface area contributed by atoms with E-state index in [9.17, 15) is 19.2 Å². The van der Waals surface area contributed by atoms with Gasteiger partial charge in [-0.2, -0.15) is 0 Å². The average molecular weight is 541 g/mol. The number of carbonyl (C=O) groups excluding carboxylic acids is 4. The third-order valence-electron chi connectivity index (χ3n) is 6.16. The zero-order chi connectivity index (χ0) is 28.2. The lowest BCUT2D eigenvalue weighted by Crippen LogP contribution is -2.48. The van der Waals surface area contributed by atoms with E-state index in [2.05, 4.69) is 21.3 Å². The molecule has 0 spiro atoms. The number of methoxy groups -OCH3 is 1. The van der Waals surface area contributed by atoms with Crippen molar-refractivity contribution >= 4 is 23.6 Å². The first kappa shape index (κ1) is 29.3. The highest BCUT2D eigenvalue weighted by atomic mass is 16.5. The van der Waals surface area contributed by atoms with E-state index in [1.807, 2.05) is 13.8 Å². The Labute approximate surface area is 228 Å². The van der Waals surface area contributed by atoms with Gasteiger partial charge in [-0.25, -0.2) is 0 Å². The molecule has 11 nitrogen and oxygen atoms in total. The van der Waals surface area contributed by atoms with Crippen LogP contribution >= 0.6 is 0 Å². The van der Waals surface area contributed by atoms with Crippen LogP contribution in [0, 0.1) is 5.92 Å². The van der Waals surface area contributed by atoms with Gasteiger partial charge in [-0.1, -0.05) is 26.0 Å². The van der Waals surface area contributed by atoms with Crippen molar-refractivity contribution in [1.29, 1.82) is 0 Å². The molecule has 11 heteroatoms. The molecule has 0 aromatic heterocycles. The minimum absolute atomic E-state index is 0.0298. The standard InChI is InChI=1S/C28H36N4O7/c1-18(2)23-17-39-24-7-5-4-6-21(24)27(35)32-22(12-13-25(33)30-16-26(34)31-23)28(36)29-14-15-38-20-10-8-19(37-3)9-11-20/h4-11,18,22-23H,12-17H2,1-3H3,(H,29,36)(H,30,33)(H,31,34)(H,32,35)/t22-,23+/m0/s1. The van der Waals surface area contributed by atoms with Gasteiger partial charge in [-0.15, -0.1) is 0 Å². The molecule has 0 saturated carbocycles.